The van der Waals surface area contributed by atoms with E-state index < -0.39 is 0 Å². The average molecular weight is 176 g/mol. The summed E-state index contributed by atoms with van der Waals surface area (Å²) in [6, 6.07) is 8.79. The van der Waals surface area contributed by atoms with Crippen LogP contribution in [-0.2, 0) is 0 Å². The number of benzene rings is 1. The van der Waals surface area contributed by atoms with Crippen LogP contribution < -0.4 is 0 Å². The van der Waals surface area contributed by atoms with Crippen LogP contribution in [0.25, 0.3) is 5.57 Å². The van der Waals surface area contributed by atoms with Crippen molar-refractivity contribution in [2.45, 2.75) is 13.3 Å². The van der Waals surface area contributed by atoms with Crippen molar-refractivity contribution >= 4 is 17.3 Å². The zero-order valence-electron chi connectivity index (χ0n) is 7.21. The van der Waals surface area contributed by atoms with Crippen molar-refractivity contribution in [3.8, 4) is 0 Å². The molecule has 1 heteroatoms. The molecule has 1 aromatic rings. The predicted octanol–water partition coefficient (Wildman–Crippen LogP) is 3.47. The van der Waals surface area contributed by atoms with Gasteiger partial charge in [-0.1, -0.05) is 29.8 Å². The van der Waals surface area contributed by atoms with Crippen molar-refractivity contribution in [1.82, 2.24) is 0 Å². The number of aryl methyl sites for hydroxylation is 1. The van der Waals surface area contributed by atoms with Gasteiger partial charge in [-0.3, -0.25) is 0 Å². The first kappa shape index (κ1) is 7.93. The standard InChI is InChI=1S/C11H12S/c1-9-2-4-10(5-3-9)11-6-7-12-8-11/h2-5,8H,6-7H2,1H3. The van der Waals surface area contributed by atoms with Gasteiger partial charge in [0.05, 0.1) is 0 Å². The van der Waals surface area contributed by atoms with E-state index in [9.17, 15) is 0 Å². The lowest BCUT2D eigenvalue weighted by molar-refractivity contribution is 1.28. The maximum atomic E-state index is 2.28. The van der Waals surface area contributed by atoms with E-state index in [4.69, 9.17) is 0 Å². The summed E-state index contributed by atoms with van der Waals surface area (Å²) >= 11 is 1.92. The smallest absolute Gasteiger partial charge is 0.00151 e. The van der Waals surface area contributed by atoms with E-state index in [1.54, 1.807) is 0 Å². The normalized spacial score (nSPS) is 16.2. The van der Waals surface area contributed by atoms with E-state index in [1.807, 2.05) is 11.8 Å². The summed E-state index contributed by atoms with van der Waals surface area (Å²) < 4.78 is 0. The molecule has 12 heavy (non-hydrogen) atoms. The average Bonchev–Trinajstić information content (AvgIpc) is 2.58. The minimum atomic E-state index is 1.23. The van der Waals surface area contributed by atoms with Gasteiger partial charge in [-0.2, -0.15) is 0 Å². The second kappa shape index (κ2) is 3.36. The van der Waals surface area contributed by atoms with Gasteiger partial charge in [0.1, 0.15) is 0 Å². The number of thioether (sulfide) groups is 1. The molecular formula is C11H12S. The van der Waals surface area contributed by atoms with Crippen molar-refractivity contribution in [3.63, 3.8) is 0 Å². The Bertz CT molecular complexity index is 295. The van der Waals surface area contributed by atoms with Gasteiger partial charge in [0.15, 0.2) is 0 Å². The highest BCUT2D eigenvalue weighted by Gasteiger charge is 2.06. The van der Waals surface area contributed by atoms with Crippen LogP contribution in [0.5, 0.6) is 0 Å². The third-order valence-corrected chi connectivity index (χ3v) is 3.03. The van der Waals surface area contributed by atoms with Gasteiger partial charge in [0, 0.05) is 5.75 Å². The molecule has 0 atom stereocenters. The summed E-state index contributed by atoms with van der Waals surface area (Å²) in [6.07, 6.45) is 1.23. The third kappa shape index (κ3) is 1.56. The van der Waals surface area contributed by atoms with Gasteiger partial charge < -0.3 is 0 Å². The first-order valence-electron chi connectivity index (χ1n) is 4.24. The Morgan fingerprint density at radius 3 is 2.50 bits per heavy atom. The maximum Gasteiger partial charge on any atom is 0.00151 e. The largest absolute Gasteiger partial charge is 0.133 e. The summed E-state index contributed by atoms with van der Waals surface area (Å²) in [6.45, 7) is 2.13. The van der Waals surface area contributed by atoms with Crippen LogP contribution in [0.1, 0.15) is 17.5 Å². The number of rotatable bonds is 1. The topological polar surface area (TPSA) is 0 Å². The second-order valence-corrected chi connectivity index (χ2v) is 4.11. The van der Waals surface area contributed by atoms with Gasteiger partial charge in [0.2, 0.25) is 0 Å². The van der Waals surface area contributed by atoms with Crippen LogP contribution in [0.3, 0.4) is 0 Å². The van der Waals surface area contributed by atoms with E-state index in [2.05, 4.69) is 36.6 Å². The van der Waals surface area contributed by atoms with Crippen molar-refractivity contribution in [3.05, 3.63) is 40.8 Å². The number of allylic oxidation sites excluding steroid dienone is 1. The summed E-state index contributed by atoms with van der Waals surface area (Å²) in [5, 5.41) is 2.28. The lowest BCUT2D eigenvalue weighted by atomic mass is 10.0. The van der Waals surface area contributed by atoms with E-state index >= 15 is 0 Å². The van der Waals surface area contributed by atoms with Gasteiger partial charge in [-0.25, -0.2) is 0 Å². The minimum Gasteiger partial charge on any atom is -0.133 e. The molecule has 62 valence electrons. The van der Waals surface area contributed by atoms with Gasteiger partial charge in [0.25, 0.3) is 0 Å². The molecule has 0 nitrogen and oxygen atoms in total. The molecule has 0 bridgehead atoms. The molecule has 0 saturated heterocycles. The van der Waals surface area contributed by atoms with E-state index in [-0.39, 0.29) is 0 Å². The molecule has 1 heterocycles. The highest BCUT2D eigenvalue weighted by Crippen LogP contribution is 2.29. The van der Waals surface area contributed by atoms with Gasteiger partial charge >= 0.3 is 0 Å². The third-order valence-electron chi connectivity index (χ3n) is 2.14. The zero-order chi connectivity index (χ0) is 8.39. The van der Waals surface area contributed by atoms with Crippen molar-refractivity contribution in [2.24, 2.45) is 0 Å². The van der Waals surface area contributed by atoms with Crippen LogP contribution in [-0.4, -0.2) is 5.75 Å². The Hall–Kier alpha value is -0.690. The van der Waals surface area contributed by atoms with E-state index in [1.165, 1.54) is 28.9 Å². The Kier molecular flexibility index (Phi) is 2.22. The molecule has 0 saturated carbocycles. The van der Waals surface area contributed by atoms with Crippen LogP contribution in [0, 0.1) is 6.92 Å². The number of hydrogen-bond acceptors (Lipinski definition) is 1. The summed E-state index contributed by atoms with van der Waals surface area (Å²) in [5.74, 6) is 1.25. The SMILES string of the molecule is Cc1ccc(C2=CSCC2)cc1. The fourth-order valence-electron chi connectivity index (χ4n) is 1.37. The maximum absolute atomic E-state index is 2.28. The highest BCUT2D eigenvalue weighted by molar-refractivity contribution is 8.02. The molecule has 0 N–H and O–H groups in total. The molecule has 0 unspecified atom stereocenters. The number of hydrogen-bond donors (Lipinski definition) is 0. The van der Waals surface area contributed by atoms with Gasteiger partial charge in [-0.15, -0.1) is 11.8 Å². The lowest BCUT2D eigenvalue weighted by Gasteiger charge is -2.00. The molecule has 0 amide bonds. The van der Waals surface area contributed by atoms with Crippen molar-refractivity contribution in [2.75, 3.05) is 5.75 Å². The molecule has 1 aliphatic heterocycles. The summed E-state index contributed by atoms with van der Waals surface area (Å²) in [5.41, 5.74) is 4.23. The fourth-order valence-corrected chi connectivity index (χ4v) is 2.28. The fraction of sp³-hybridized carbons (Fsp3) is 0.273. The van der Waals surface area contributed by atoms with Crippen LogP contribution in [0.15, 0.2) is 29.7 Å². The van der Waals surface area contributed by atoms with E-state index in [0.29, 0.717) is 0 Å². The monoisotopic (exact) mass is 176 g/mol. The van der Waals surface area contributed by atoms with Crippen LogP contribution in [0.2, 0.25) is 0 Å². The Morgan fingerprint density at radius 2 is 1.92 bits per heavy atom. The second-order valence-electron chi connectivity index (χ2n) is 3.13. The molecule has 0 spiro atoms. The minimum absolute atomic E-state index is 1.23. The van der Waals surface area contributed by atoms with Crippen LogP contribution >= 0.6 is 11.8 Å². The van der Waals surface area contributed by atoms with Crippen molar-refractivity contribution < 1.29 is 0 Å². The molecular weight excluding hydrogens is 164 g/mol. The molecule has 0 aromatic heterocycles. The predicted molar refractivity (Wildman–Crippen MR) is 56.2 cm³/mol. The molecule has 0 radical (unpaired) electrons. The van der Waals surface area contributed by atoms with Gasteiger partial charge in [-0.05, 0) is 29.9 Å². The first-order valence-corrected chi connectivity index (χ1v) is 5.29. The molecule has 0 fully saturated rings. The molecule has 1 aliphatic rings. The van der Waals surface area contributed by atoms with Crippen molar-refractivity contribution in [1.29, 1.82) is 0 Å². The van der Waals surface area contributed by atoms with E-state index in [0.717, 1.165) is 0 Å². The summed E-state index contributed by atoms with van der Waals surface area (Å²) in [7, 11) is 0. The quantitative estimate of drug-likeness (QED) is 0.631. The van der Waals surface area contributed by atoms with Crippen LogP contribution in [0.4, 0.5) is 0 Å². The zero-order valence-corrected chi connectivity index (χ0v) is 8.03. The summed E-state index contributed by atoms with van der Waals surface area (Å²) in [4.78, 5) is 0. The first-order chi connectivity index (χ1) is 5.86. The highest BCUT2D eigenvalue weighted by atomic mass is 32.2. The molecule has 2 rings (SSSR count). The Morgan fingerprint density at radius 1 is 1.17 bits per heavy atom. The lowest BCUT2D eigenvalue weighted by Crippen LogP contribution is -1.81. The molecule has 0 aliphatic carbocycles. The Labute approximate surface area is 77.7 Å². The molecule has 1 aromatic carbocycles. The Balaban J connectivity index is 2.28.